The van der Waals surface area contributed by atoms with Gasteiger partial charge in [-0.3, -0.25) is 0 Å². The third-order valence-corrected chi connectivity index (χ3v) is 3.56. The standard InChI is InChI=1S/C14H17N/c1-2-7-14-12(4-1)5-3-6-13(14)8-11-9-15-10-11/h1-2,4,7-8,13,15H,3,5-6,9-10H2. The van der Waals surface area contributed by atoms with E-state index in [9.17, 15) is 0 Å². The summed E-state index contributed by atoms with van der Waals surface area (Å²) in [5, 5.41) is 3.31. The van der Waals surface area contributed by atoms with E-state index in [2.05, 4.69) is 35.7 Å². The molecule has 1 nitrogen and oxygen atoms in total. The third-order valence-electron chi connectivity index (χ3n) is 3.56. The van der Waals surface area contributed by atoms with E-state index < -0.39 is 0 Å². The molecule has 1 aliphatic carbocycles. The molecular formula is C14H17N. The fourth-order valence-electron chi connectivity index (χ4n) is 2.64. The van der Waals surface area contributed by atoms with E-state index in [1.807, 2.05) is 0 Å². The van der Waals surface area contributed by atoms with Crippen LogP contribution in [0.1, 0.15) is 29.9 Å². The topological polar surface area (TPSA) is 12.0 Å². The molecule has 1 aromatic rings. The van der Waals surface area contributed by atoms with Gasteiger partial charge in [0, 0.05) is 19.0 Å². The summed E-state index contributed by atoms with van der Waals surface area (Å²) in [5.74, 6) is 0.687. The van der Waals surface area contributed by atoms with Crippen LogP contribution in [0.3, 0.4) is 0 Å². The van der Waals surface area contributed by atoms with E-state index in [4.69, 9.17) is 0 Å². The molecular weight excluding hydrogens is 182 g/mol. The summed E-state index contributed by atoms with van der Waals surface area (Å²) in [6.45, 7) is 2.22. The van der Waals surface area contributed by atoms with E-state index in [1.165, 1.54) is 19.3 Å². The van der Waals surface area contributed by atoms with Gasteiger partial charge in [-0.15, -0.1) is 0 Å². The number of nitrogens with one attached hydrogen (secondary N) is 1. The number of benzene rings is 1. The van der Waals surface area contributed by atoms with Gasteiger partial charge in [0.05, 0.1) is 0 Å². The molecule has 1 aliphatic heterocycles. The second-order valence-corrected chi connectivity index (χ2v) is 4.63. The molecule has 1 atom stereocenters. The van der Waals surface area contributed by atoms with Crippen molar-refractivity contribution in [2.75, 3.05) is 13.1 Å². The summed E-state index contributed by atoms with van der Waals surface area (Å²) in [6, 6.07) is 8.94. The van der Waals surface area contributed by atoms with Crippen LogP contribution in [-0.4, -0.2) is 13.1 Å². The monoisotopic (exact) mass is 199 g/mol. The van der Waals surface area contributed by atoms with Crippen LogP contribution in [0.15, 0.2) is 35.9 Å². The lowest BCUT2D eigenvalue weighted by atomic mass is 9.81. The molecule has 1 heterocycles. The Balaban J connectivity index is 1.91. The summed E-state index contributed by atoms with van der Waals surface area (Å²) < 4.78 is 0. The fraction of sp³-hybridized carbons (Fsp3) is 0.429. The van der Waals surface area contributed by atoms with Crippen LogP contribution in [0.4, 0.5) is 0 Å². The molecule has 78 valence electrons. The lowest BCUT2D eigenvalue weighted by Crippen LogP contribution is -2.34. The fourth-order valence-corrected chi connectivity index (χ4v) is 2.64. The van der Waals surface area contributed by atoms with Gasteiger partial charge in [0.25, 0.3) is 0 Å². The zero-order valence-corrected chi connectivity index (χ0v) is 9.00. The van der Waals surface area contributed by atoms with Gasteiger partial charge in [0.15, 0.2) is 0 Å². The SMILES string of the molecule is C(=C1CNC1)C1CCCc2ccccc21. The number of rotatable bonds is 1. The maximum atomic E-state index is 3.31. The molecule has 0 saturated carbocycles. The molecule has 1 aromatic carbocycles. The van der Waals surface area contributed by atoms with E-state index >= 15 is 0 Å². The molecule has 0 radical (unpaired) electrons. The average Bonchev–Trinajstić information content (AvgIpc) is 2.23. The van der Waals surface area contributed by atoms with Crippen LogP contribution >= 0.6 is 0 Å². The molecule has 1 saturated heterocycles. The molecule has 15 heavy (non-hydrogen) atoms. The second kappa shape index (κ2) is 3.82. The Morgan fingerprint density at radius 3 is 2.87 bits per heavy atom. The van der Waals surface area contributed by atoms with Crippen molar-refractivity contribution in [2.45, 2.75) is 25.2 Å². The van der Waals surface area contributed by atoms with Crippen molar-refractivity contribution < 1.29 is 0 Å². The lowest BCUT2D eigenvalue weighted by Gasteiger charge is -2.26. The molecule has 0 bridgehead atoms. The third kappa shape index (κ3) is 1.72. The number of fused-ring (bicyclic) bond motifs is 1. The van der Waals surface area contributed by atoms with Crippen molar-refractivity contribution in [1.29, 1.82) is 0 Å². The van der Waals surface area contributed by atoms with Gasteiger partial charge in [0.1, 0.15) is 0 Å². The second-order valence-electron chi connectivity index (χ2n) is 4.63. The first-order valence-electron chi connectivity index (χ1n) is 5.91. The van der Waals surface area contributed by atoms with Crippen LogP contribution < -0.4 is 5.32 Å². The highest BCUT2D eigenvalue weighted by atomic mass is 14.9. The predicted octanol–water partition coefficient (Wildman–Crippen LogP) is 2.64. The first kappa shape index (κ1) is 9.17. The van der Waals surface area contributed by atoms with E-state index in [-0.39, 0.29) is 0 Å². The van der Waals surface area contributed by atoms with Gasteiger partial charge < -0.3 is 5.32 Å². The van der Waals surface area contributed by atoms with Crippen molar-refractivity contribution in [3.05, 3.63) is 47.0 Å². The Hall–Kier alpha value is -1.08. The molecule has 0 amide bonds. The van der Waals surface area contributed by atoms with Gasteiger partial charge in [0.2, 0.25) is 0 Å². The van der Waals surface area contributed by atoms with E-state index in [1.54, 1.807) is 16.7 Å². The predicted molar refractivity (Wildman–Crippen MR) is 63.1 cm³/mol. The minimum atomic E-state index is 0.687. The Kier molecular flexibility index (Phi) is 2.34. The van der Waals surface area contributed by atoms with Crippen molar-refractivity contribution in [3.8, 4) is 0 Å². The normalized spacial score (nSPS) is 24.3. The molecule has 3 rings (SSSR count). The van der Waals surface area contributed by atoms with Crippen molar-refractivity contribution in [3.63, 3.8) is 0 Å². The van der Waals surface area contributed by atoms with Crippen molar-refractivity contribution >= 4 is 0 Å². The summed E-state index contributed by atoms with van der Waals surface area (Å²) in [5.41, 5.74) is 4.73. The summed E-state index contributed by atoms with van der Waals surface area (Å²) in [7, 11) is 0. The number of aryl methyl sites for hydroxylation is 1. The van der Waals surface area contributed by atoms with Crippen LogP contribution in [0.5, 0.6) is 0 Å². The number of hydrogen-bond acceptors (Lipinski definition) is 1. The Labute approximate surface area is 91.2 Å². The minimum Gasteiger partial charge on any atom is -0.309 e. The molecule has 1 N–H and O–H groups in total. The average molecular weight is 199 g/mol. The minimum absolute atomic E-state index is 0.687. The van der Waals surface area contributed by atoms with E-state index in [0.29, 0.717) is 5.92 Å². The smallest absolute Gasteiger partial charge is 0.0180 e. The zero-order chi connectivity index (χ0) is 10.1. The quantitative estimate of drug-likeness (QED) is 0.686. The molecule has 0 spiro atoms. The summed E-state index contributed by atoms with van der Waals surface area (Å²) in [4.78, 5) is 0. The van der Waals surface area contributed by atoms with Crippen LogP contribution in [0.2, 0.25) is 0 Å². The highest BCUT2D eigenvalue weighted by molar-refractivity contribution is 5.36. The van der Waals surface area contributed by atoms with Gasteiger partial charge in [-0.2, -0.15) is 0 Å². The molecule has 1 heteroatoms. The number of hydrogen-bond donors (Lipinski definition) is 1. The van der Waals surface area contributed by atoms with Gasteiger partial charge >= 0.3 is 0 Å². The first-order valence-corrected chi connectivity index (χ1v) is 5.91. The van der Waals surface area contributed by atoms with Crippen LogP contribution in [0.25, 0.3) is 0 Å². The number of allylic oxidation sites excluding steroid dienone is 1. The lowest BCUT2D eigenvalue weighted by molar-refractivity contribution is 0.604. The summed E-state index contributed by atoms with van der Waals surface area (Å²) >= 11 is 0. The van der Waals surface area contributed by atoms with Gasteiger partial charge in [-0.05, 0) is 36.0 Å². The maximum absolute atomic E-state index is 3.31. The Morgan fingerprint density at radius 1 is 1.20 bits per heavy atom. The largest absolute Gasteiger partial charge is 0.309 e. The first-order chi connectivity index (χ1) is 7.43. The van der Waals surface area contributed by atoms with Crippen molar-refractivity contribution in [2.24, 2.45) is 0 Å². The Morgan fingerprint density at radius 2 is 2.07 bits per heavy atom. The maximum Gasteiger partial charge on any atom is 0.0180 e. The molecule has 2 aliphatic rings. The molecule has 1 fully saturated rings. The van der Waals surface area contributed by atoms with Crippen LogP contribution in [0, 0.1) is 0 Å². The summed E-state index contributed by atoms with van der Waals surface area (Å²) in [6.07, 6.45) is 6.45. The zero-order valence-electron chi connectivity index (χ0n) is 9.00. The highest BCUT2D eigenvalue weighted by Gasteiger charge is 2.19. The molecule has 1 unspecified atom stereocenters. The van der Waals surface area contributed by atoms with E-state index in [0.717, 1.165) is 13.1 Å². The van der Waals surface area contributed by atoms with Gasteiger partial charge in [-0.1, -0.05) is 30.3 Å². The Bertz CT molecular complexity index is 386. The highest BCUT2D eigenvalue weighted by Crippen LogP contribution is 2.33. The van der Waals surface area contributed by atoms with Crippen LogP contribution in [-0.2, 0) is 6.42 Å². The van der Waals surface area contributed by atoms with Gasteiger partial charge in [-0.25, -0.2) is 0 Å². The van der Waals surface area contributed by atoms with Crippen molar-refractivity contribution in [1.82, 2.24) is 5.32 Å². The molecule has 0 aromatic heterocycles.